The van der Waals surface area contributed by atoms with E-state index >= 15 is 0 Å². The Morgan fingerprint density at radius 3 is 2.19 bits per heavy atom. The molecule has 4 heteroatoms. The molecule has 0 aromatic rings. The molecule has 4 nitrogen and oxygen atoms in total. The van der Waals surface area contributed by atoms with E-state index in [1.807, 2.05) is 6.92 Å². The van der Waals surface area contributed by atoms with Crippen molar-refractivity contribution in [3.8, 4) is 0 Å². The summed E-state index contributed by atoms with van der Waals surface area (Å²) >= 11 is 0. The van der Waals surface area contributed by atoms with Crippen LogP contribution in [0.5, 0.6) is 0 Å². The van der Waals surface area contributed by atoms with Gasteiger partial charge in [0, 0.05) is 5.41 Å². The third-order valence-electron chi connectivity index (χ3n) is 4.19. The molecule has 2 rings (SSSR count). The van der Waals surface area contributed by atoms with E-state index in [2.05, 4.69) is 5.32 Å². The SMILES string of the molecule is CCC1(C(=O)NC2(CC(=O)O)CCC2)CC1. The molecular weight excluding hydrogens is 206 g/mol. The van der Waals surface area contributed by atoms with Crippen LogP contribution in [0.4, 0.5) is 0 Å². The molecule has 2 N–H and O–H groups in total. The van der Waals surface area contributed by atoms with Crippen LogP contribution in [0.1, 0.15) is 51.9 Å². The van der Waals surface area contributed by atoms with Crippen LogP contribution in [0.3, 0.4) is 0 Å². The predicted molar refractivity (Wildman–Crippen MR) is 58.9 cm³/mol. The Morgan fingerprint density at radius 1 is 1.25 bits per heavy atom. The molecule has 0 saturated heterocycles. The zero-order chi connectivity index (χ0) is 11.8. The Kier molecular flexibility index (Phi) is 2.68. The van der Waals surface area contributed by atoms with Crippen LogP contribution in [0, 0.1) is 5.41 Å². The third kappa shape index (κ3) is 1.93. The highest BCUT2D eigenvalue weighted by Gasteiger charge is 2.51. The smallest absolute Gasteiger partial charge is 0.305 e. The fraction of sp³-hybridized carbons (Fsp3) is 0.833. The molecule has 0 heterocycles. The molecule has 0 radical (unpaired) electrons. The Morgan fingerprint density at radius 2 is 1.88 bits per heavy atom. The lowest BCUT2D eigenvalue weighted by molar-refractivity contribution is -0.141. The standard InChI is InChI=1S/C12H19NO3/c1-2-11(6-7-11)10(16)13-12(4-3-5-12)8-9(14)15/h2-8H2,1H3,(H,13,16)(H,14,15). The number of hydrogen-bond donors (Lipinski definition) is 2. The molecule has 2 aliphatic carbocycles. The summed E-state index contributed by atoms with van der Waals surface area (Å²) in [6, 6.07) is 0. The van der Waals surface area contributed by atoms with Crippen LogP contribution in [-0.4, -0.2) is 22.5 Å². The quantitative estimate of drug-likeness (QED) is 0.748. The Labute approximate surface area is 95.4 Å². The zero-order valence-corrected chi connectivity index (χ0v) is 9.71. The maximum absolute atomic E-state index is 12.0. The van der Waals surface area contributed by atoms with Crippen molar-refractivity contribution in [3.05, 3.63) is 0 Å². The van der Waals surface area contributed by atoms with E-state index in [0.29, 0.717) is 0 Å². The van der Waals surface area contributed by atoms with Crippen LogP contribution in [-0.2, 0) is 9.59 Å². The molecule has 2 aliphatic rings. The third-order valence-corrected chi connectivity index (χ3v) is 4.19. The molecule has 0 aromatic carbocycles. The van der Waals surface area contributed by atoms with E-state index in [0.717, 1.165) is 38.5 Å². The van der Waals surface area contributed by atoms with Crippen molar-refractivity contribution in [3.63, 3.8) is 0 Å². The van der Waals surface area contributed by atoms with Crippen molar-refractivity contribution in [2.75, 3.05) is 0 Å². The van der Waals surface area contributed by atoms with Crippen molar-refractivity contribution in [1.29, 1.82) is 0 Å². The maximum Gasteiger partial charge on any atom is 0.305 e. The van der Waals surface area contributed by atoms with Gasteiger partial charge in [0.2, 0.25) is 5.91 Å². The lowest BCUT2D eigenvalue weighted by Crippen LogP contribution is -2.56. The average Bonchev–Trinajstić information content (AvgIpc) is 2.94. The highest BCUT2D eigenvalue weighted by atomic mass is 16.4. The highest BCUT2D eigenvalue weighted by molar-refractivity contribution is 5.86. The van der Waals surface area contributed by atoms with Crippen LogP contribution in [0.25, 0.3) is 0 Å². The minimum atomic E-state index is -0.818. The van der Waals surface area contributed by atoms with Crippen LogP contribution in [0.15, 0.2) is 0 Å². The van der Waals surface area contributed by atoms with Crippen LogP contribution in [0.2, 0.25) is 0 Å². The van der Waals surface area contributed by atoms with Gasteiger partial charge in [0.15, 0.2) is 0 Å². The second kappa shape index (κ2) is 3.75. The second-order valence-corrected chi connectivity index (χ2v) is 5.29. The van der Waals surface area contributed by atoms with Crippen molar-refractivity contribution in [1.82, 2.24) is 5.32 Å². The molecule has 0 atom stereocenters. The van der Waals surface area contributed by atoms with E-state index in [-0.39, 0.29) is 17.7 Å². The topological polar surface area (TPSA) is 66.4 Å². The normalized spacial score (nSPS) is 24.3. The van der Waals surface area contributed by atoms with Gasteiger partial charge in [0.25, 0.3) is 0 Å². The summed E-state index contributed by atoms with van der Waals surface area (Å²) in [7, 11) is 0. The number of amides is 1. The fourth-order valence-corrected chi connectivity index (χ4v) is 2.50. The molecule has 2 fully saturated rings. The van der Waals surface area contributed by atoms with Crippen molar-refractivity contribution < 1.29 is 14.7 Å². The van der Waals surface area contributed by atoms with Gasteiger partial charge in [-0.2, -0.15) is 0 Å². The van der Waals surface area contributed by atoms with Crippen molar-refractivity contribution in [2.24, 2.45) is 5.41 Å². The molecular formula is C12H19NO3. The number of carboxylic acids is 1. The summed E-state index contributed by atoms with van der Waals surface area (Å²) in [5, 5.41) is 11.8. The van der Waals surface area contributed by atoms with Gasteiger partial charge in [-0.15, -0.1) is 0 Å². The number of nitrogens with one attached hydrogen (secondary N) is 1. The van der Waals surface area contributed by atoms with Crippen molar-refractivity contribution in [2.45, 2.75) is 57.4 Å². The van der Waals surface area contributed by atoms with E-state index in [1.54, 1.807) is 0 Å². The van der Waals surface area contributed by atoms with Gasteiger partial charge in [-0.05, 0) is 38.5 Å². The first kappa shape index (κ1) is 11.4. The lowest BCUT2D eigenvalue weighted by atomic mass is 9.74. The monoisotopic (exact) mass is 225 g/mol. The summed E-state index contributed by atoms with van der Waals surface area (Å²) in [6.45, 7) is 2.03. The molecule has 0 aliphatic heterocycles. The van der Waals surface area contributed by atoms with Gasteiger partial charge in [-0.25, -0.2) is 0 Å². The molecule has 1 amide bonds. The minimum absolute atomic E-state index is 0.0680. The maximum atomic E-state index is 12.0. The average molecular weight is 225 g/mol. The highest BCUT2D eigenvalue weighted by Crippen LogP contribution is 2.50. The van der Waals surface area contributed by atoms with Gasteiger partial charge >= 0.3 is 5.97 Å². The fourth-order valence-electron chi connectivity index (χ4n) is 2.50. The first-order valence-corrected chi connectivity index (χ1v) is 6.06. The minimum Gasteiger partial charge on any atom is -0.481 e. The van der Waals surface area contributed by atoms with Gasteiger partial charge in [-0.3, -0.25) is 9.59 Å². The summed E-state index contributed by atoms with van der Waals surface area (Å²) in [6.07, 6.45) is 5.49. The van der Waals surface area contributed by atoms with Crippen molar-refractivity contribution >= 4 is 11.9 Å². The summed E-state index contributed by atoms with van der Waals surface area (Å²) < 4.78 is 0. The molecule has 90 valence electrons. The number of carbonyl (C=O) groups is 2. The molecule has 0 bridgehead atoms. The summed E-state index contributed by atoms with van der Waals surface area (Å²) in [4.78, 5) is 22.8. The molecule has 0 aromatic heterocycles. The van der Waals surface area contributed by atoms with Gasteiger partial charge in [0.1, 0.15) is 0 Å². The summed E-state index contributed by atoms with van der Waals surface area (Å²) in [5.74, 6) is -0.739. The van der Waals surface area contributed by atoms with E-state index in [9.17, 15) is 9.59 Å². The number of rotatable bonds is 5. The molecule has 0 unspecified atom stereocenters. The van der Waals surface area contributed by atoms with E-state index < -0.39 is 11.5 Å². The first-order chi connectivity index (χ1) is 7.52. The molecule has 16 heavy (non-hydrogen) atoms. The molecule has 2 saturated carbocycles. The Hall–Kier alpha value is -1.06. The lowest BCUT2D eigenvalue weighted by Gasteiger charge is -2.42. The number of aliphatic carboxylic acids is 1. The van der Waals surface area contributed by atoms with Crippen LogP contribution < -0.4 is 5.32 Å². The van der Waals surface area contributed by atoms with E-state index in [1.165, 1.54) is 0 Å². The number of hydrogen-bond acceptors (Lipinski definition) is 2. The van der Waals surface area contributed by atoms with Gasteiger partial charge in [0.05, 0.1) is 12.0 Å². The Balaban J connectivity index is 1.96. The number of carboxylic acid groups (broad SMARTS) is 1. The predicted octanol–water partition coefficient (Wildman–Crippen LogP) is 1.69. The summed E-state index contributed by atoms with van der Waals surface area (Å²) in [5.41, 5.74) is -0.602. The van der Waals surface area contributed by atoms with Gasteiger partial charge in [-0.1, -0.05) is 6.92 Å². The van der Waals surface area contributed by atoms with Gasteiger partial charge < -0.3 is 10.4 Å². The largest absolute Gasteiger partial charge is 0.481 e. The molecule has 0 spiro atoms. The Bertz CT molecular complexity index is 316. The zero-order valence-electron chi connectivity index (χ0n) is 9.71. The van der Waals surface area contributed by atoms with E-state index in [4.69, 9.17) is 5.11 Å². The van der Waals surface area contributed by atoms with Crippen LogP contribution >= 0.6 is 0 Å². The first-order valence-electron chi connectivity index (χ1n) is 6.06. The number of carbonyl (C=O) groups excluding carboxylic acids is 1. The second-order valence-electron chi connectivity index (χ2n) is 5.29.